The maximum atomic E-state index is 12.4. The molecule has 0 aliphatic carbocycles. The number of carbonyl (C=O) groups is 1. The number of hydrogen-bond donors (Lipinski definition) is 1. The third-order valence-corrected chi connectivity index (χ3v) is 4.78. The van der Waals surface area contributed by atoms with Crippen LogP contribution in [0.15, 0.2) is 0 Å². The molecule has 2 aliphatic rings. The maximum Gasteiger partial charge on any atom is 0.237 e. The molecule has 1 amide bonds. The second-order valence-electron chi connectivity index (χ2n) is 6.51. The summed E-state index contributed by atoms with van der Waals surface area (Å²) in [5.41, 5.74) is 0. The van der Waals surface area contributed by atoms with Gasteiger partial charge in [-0.05, 0) is 38.3 Å². The first-order valence-electron chi connectivity index (χ1n) is 8.26. The van der Waals surface area contributed by atoms with Gasteiger partial charge in [-0.1, -0.05) is 27.2 Å². The average molecular weight is 282 g/mol. The van der Waals surface area contributed by atoms with Crippen molar-refractivity contribution in [3.63, 3.8) is 0 Å². The zero-order chi connectivity index (χ0) is 14.5. The Bertz CT molecular complexity index is 320. The number of likely N-dealkylation sites (tertiary alicyclic amines) is 1. The van der Waals surface area contributed by atoms with Gasteiger partial charge in [-0.3, -0.25) is 9.69 Å². The predicted octanol–water partition coefficient (Wildman–Crippen LogP) is 2.04. The monoisotopic (exact) mass is 282 g/mol. The quantitative estimate of drug-likeness (QED) is 0.839. The van der Waals surface area contributed by atoms with Gasteiger partial charge >= 0.3 is 0 Å². The zero-order valence-corrected chi connectivity index (χ0v) is 13.2. The smallest absolute Gasteiger partial charge is 0.237 e. The molecule has 2 rings (SSSR count). The molecule has 2 fully saturated rings. The molecule has 0 radical (unpaired) electrons. The van der Waals surface area contributed by atoms with E-state index in [0.717, 1.165) is 39.1 Å². The summed E-state index contributed by atoms with van der Waals surface area (Å²) in [6.45, 7) is 10.2. The first kappa shape index (κ1) is 15.8. The molecule has 0 spiro atoms. The Morgan fingerprint density at radius 3 is 2.85 bits per heavy atom. The second kappa shape index (κ2) is 7.41. The summed E-state index contributed by atoms with van der Waals surface area (Å²) in [6, 6.07) is 0.0913. The highest BCUT2D eigenvalue weighted by atomic mass is 16.5. The van der Waals surface area contributed by atoms with Gasteiger partial charge in [0.25, 0.3) is 0 Å². The second-order valence-corrected chi connectivity index (χ2v) is 6.51. The van der Waals surface area contributed by atoms with E-state index in [-0.39, 0.29) is 11.9 Å². The van der Waals surface area contributed by atoms with Crippen LogP contribution in [0, 0.1) is 11.8 Å². The highest BCUT2D eigenvalue weighted by Gasteiger charge is 2.32. The minimum Gasteiger partial charge on any atom is -0.378 e. The molecule has 116 valence electrons. The first-order valence-corrected chi connectivity index (χ1v) is 8.26. The molecule has 0 bridgehead atoms. The van der Waals surface area contributed by atoms with E-state index in [1.165, 1.54) is 12.8 Å². The molecule has 0 unspecified atom stereocenters. The molecule has 4 nitrogen and oxygen atoms in total. The Balaban J connectivity index is 1.82. The number of rotatable bonds is 5. The summed E-state index contributed by atoms with van der Waals surface area (Å²) in [4.78, 5) is 14.7. The summed E-state index contributed by atoms with van der Waals surface area (Å²) in [5.74, 6) is 1.24. The lowest BCUT2D eigenvalue weighted by atomic mass is 9.92. The minimum absolute atomic E-state index is 0.0913. The minimum atomic E-state index is 0.0913. The number of ether oxygens (including phenoxy) is 1. The van der Waals surface area contributed by atoms with Gasteiger partial charge in [0.1, 0.15) is 0 Å². The molecule has 20 heavy (non-hydrogen) atoms. The third kappa shape index (κ3) is 3.73. The van der Waals surface area contributed by atoms with E-state index in [1.54, 1.807) is 0 Å². The van der Waals surface area contributed by atoms with Crippen LogP contribution in [-0.2, 0) is 9.53 Å². The van der Waals surface area contributed by atoms with Gasteiger partial charge in [0.05, 0.1) is 12.1 Å². The van der Waals surface area contributed by atoms with Crippen molar-refractivity contribution in [1.82, 2.24) is 10.2 Å². The normalized spacial score (nSPS) is 31.7. The van der Waals surface area contributed by atoms with Crippen LogP contribution in [0.3, 0.4) is 0 Å². The van der Waals surface area contributed by atoms with E-state index in [0.29, 0.717) is 17.9 Å². The van der Waals surface area contributed by atoms with Crippen LogP contribution in [0.4, 0.5) is 0 Å². The molecular weight excluding hydrogens is 252 g/mol. The average Bonchev–Trinajstić information content (AvgIpc) is 2.93. The predicted molar refractivity (Wildman–Crippen MR) is 80.6 cm³/mol. The van der Waals surface area contributed by atoms with Crippen molar-refractivity contribution >= 4 is 5.91 Å². The van der Waals surface area contributed by atoms with Gasteiger partial charge in [0.15, 0.2) is 0 Å². The Morgan fingerprint density at radius 1 is 1.35 bits per heavy atom. The van der Waals surface area contributed by atoms with Crippen LogP contribution in [-0.4, -0.2) is 49.2 Å². The van der Waals surface area contributed by atoms with E-state index in [4.69, 9.17) is 4.74 Å². The van der Waals surface area contributed by atoms with Gasteiger partial charge in [-0.2, -0.15) is 0 Å². The molecule has 2 saturated heterocycles. The van der Waals surface area contributed by atoms with Gasteiger partial charge in [-0.25, -0.2) is 0 Å². The molecule has 4 heteroatoms. The number of likely N-dealkylation sites (N-methyl/N-ethyl adjacent to an activating group) is 1. The van der Waals surface area contributed by atoms with Gasteiger partial charge < -0.3 is 10.1 Å². The van der Waals surface area contributed by atoms with Crippen LogP contribution >= 0.6 is 0 Å². The van der Waals surface area contributed by atoms with Gasteiger partial charge in [0, 0.05) is 19.1 Å². The summed E-state index contributed by atoms with van der Waals surface area (Å²) in [7, 11) is 0. The molecule has 3 atom stereocenters. The Kier molecular flexibility index (Phi) is 5.85. The SMILES string of the molecule is CCN1CCCC[C@@H]1C(=O)NC[C@@H]1CCO[C@@H]1C(C)C. The molecular formula is C16H30N2O2. The van der Waals surface area contributed by atoms with Crippen molar-refractivity contribution in [1.29, 1.82) is 0 Å². The fourth-order valence-electron chi connectivity index (χ4n) is 3.63. The largest absolute Gasteiger partial charge is 0.378 e. The summed E-state index contributed by atoms with van der Waals surface area (Å²) >= 11 is 0. The molecule has 2 heterocycles. The van der Waals surface area contributed by atoms with Crippen molar-refractivity contribution in [2.24, 2.45) is 11.8 Å². The molecule has 1 N–H and O–H groups in total. The van der Waals surface area contributed by atoms with Crippen LogP contribution in [0.2, 0.25) is 0 Å². The standard InChI is InChI=1S/C16H30N2O2/c1-4-18-9-6-5-7-14(18)16(19)17-11-13-8-10-20-15(13)12(2)3/h12-15H,4-11H2,1-3H3,(H,17,19)/t13-,14+,15+/m0/s1. The van der Waals surface area contributed by atoms with Gasteiger partial charge in [-0.15, -0.1) is 0 Å². The van der Waals surface area contributed by atoms with E-state index >= 15 is 0 Å². The number of nitrogens with one attached hydrogen (secondary N) is 1. The van der Waals surface area contributed by atoms with Crippen molar-refractivity contribution in [3.8, 4) is 0 Å². The van der Waals surface area contributed by atoms with Crippen LogP contribution in [0.25, 0.3) is 0 Å². The van der Waals surface area contributed by atoms with Crippen LogP contribution < -0.4 is 5.32 Å². The lowest BCUT2D eigenvalue weighted by Crippen LogP contribution is -2.50. The van der Waals surface area contributed by atoms with E-state index in [9.17, 15) is 4.79 Å². The maximum absolute atomic E-state index is 12.4. The molecule has 0 aromatic heterocycles. The Morgan fingerprint density at radius 2 is 2.15 bits per heavy atom. The summed E-state index contributed by atoms with van der Waals surface area (Å²) < 4.78 is 5.79. The fourth-order valence-corrected chi connectivity index (χ4v) is 3.63. The van der Waals surface area contributed by atoms with Crippen molar-refractivity contribution < 1.29 is 9.53 Å². The highest BCUT2D eigenvalue weighted by molar-refractivity contribution is 5.81. The zero-order valence-electron chi connectivity index (χ0n) is 13.2. The fraction of sp³-hybridized carbons (Fsp3) is 0.938. The lowest BCUT2D eigenvalue weighted by Gasteiger charge is -2.34. The van der Waals surface area contributed by atoms with Crippen LogP contribution in [0.1, 0.15) is 46.5 Å². The lowest BCUT2D eigenvalue weighted by molar-refractivity contribution is -0.127. The molecule has 2 aliphatic heterocycles. The number of amides is 1. The Hall–Kier alpha value is -0.610. The highest BCUT2D eigenvalue weighted by Crippen LogP contribution is 2.26. The number of carbonyl (C=O) groups excluding carboxylic acids is 1. The number of nitrogens with zero attached hydrogens (tertiary/aromatic N) is 1. The topological polar surface area (TPSA) is 41.6 Å². The van der Waals surface area contributed by atoms with Crippen LogP contribution in [0.5, 0.6) is 0 Å². The molecule has 0 aromatic rings. The molecule has 0 saturated carbocycles. The van der Waals surface area contributed by atoms with E-state index in [1.807, 2.05) is 0 Å². The van der Waals surface area contributed by atoms with Gasteiger partial charge in [0.2, 0.25) is 5.91 Å². The van der Waals surface area contributed by atoms with Crippen molar-refractivity contribution in [2.75, 3.05) is 26.2 Å². The number of piperidine rings is 1. The first-order chi connectivity index (χ1) is 9.63. The van der Waals surface area contributed by atoms with E-state index < -0.39 is 0 Å². The van der Waals surface area contributed by atoms with E-state index in [2.05, 4.69) is 31.0 Å². The number of hydrogen-bond acceptors (Lipinski definition) is 3. The van der Waals surface area contributed by atoms with Crippen molar-refractivity contribution in [2.45, 2.75) is 58.6 Å². The molecule has 0 aromatic carbocycles. The summed E-state index contributed by atoms with van der Waals surface area (Å²) in [5, 5.41) is 3.18. The third-order valence-electron chi connectivity index (χ3n) is 4.78. The van der Waals surface area contributed by atoms with Crippen molar-refractivity contribution in [3.05, 3.63) is 0 Å². The summed E-state index contributed by atoms with van der Waals surface area (Å²) in [6.07, 6.45) is 4.79. The Labute approximate surface area is 123 Å².